The lowest BCUT2D eigenvalue weighted by molar-refractivity contribution is 0.149. The van der Waals surface area contributed by atoms with E-state index in [9.17, 15) is 13.2 Å². The lowest BCUT2D eigenvalue weighted by atomic mass is 9.90. The van der Waals surface area contributed by atoms with Crippen LogP contribution in [-0.4, -0.2) is 6.04 Å². The van der Waals surface area contributed by atoms with Crippen molar-refractivity contribution in [3.8, 4) is 5.75 Å². The summed E-state index contributed by atoms with van der Waals surface area (Å²) in [5, 5.41) is 2.03. The molecule has 1 heterocycles. The molecule has 1 aliphatic heterocycles. The van der Waals surface area contributed by atoms with Gasteiger partial charge in [0.05, 0.1) is 6.04 Å². The molecule has 0 aliphatic carbocycles. The van der Waals surface area contributed by atoms with Crippen molar-refractivity contribution in [3.63, 3.8) is 0 Å². The van der Waals surface area contributed by atoms with Gasteiger partial charge in [0.15, 0.2) is 11.6 Å². The van der Waals surface area contributed by atoms with Crippen LogP contribution in [0.5, 0.6) is 5.75 Å². The minimum atomic E-state index is -1.23. The van der Waals surface area contributed by atoms with Crippen molar-refractivity contribution in [1.82, 2.24) is 0 Å². The molecule has 6 heteroatoms. The maximum Gasteiger partial charge on any atom is 0.161 e. The number of hydrogen-bond acceptors (Lipinski definition) is 2. The topological polar surface area (TPSA) is 35.2 Å². The van der Waals surface area contributed by atoms with Gasteiger partial charge in [0.2, 0.25) is 0 Å². The van der Waals surface area contributed by atoms with E-state index in [0.29, 0.717) is 18.2 Å². The fraction of sp³-hybridized carbons (Fsp3) is 0.158. The van der Waals surface area contributed by atoms with Gasteiger partial charge in [-0.15, -0.1) is 0 Å². The summed E-state index contributed by atoms with van der Waals surface area (Å²) in [6, 6.07) is 10.3. The van der Waals surface area contributed by atoms with Crippen LogP contribution in [0.4, 0.5) is 13.2 Å². The zero-order chi connectivity index (χ0) is 17.7. The van der Waals surface area contributed by atoms with Crippen LogP contribution >= 0.6 is 15.9 Å². The molecular weight excluding hydrogens is 395 g/mol. The molecule has 2 N–H and O–H groups in total. The van der Waals surface area contributed by atoms with Gasteiger partial charge in [0.25, 0.3) is 0 Å². The first-order valence-corrected chi connectivity index (χ1v) is 8.51. The predicted molar refractivity (Wildman–Crippen MR) is 93.0 cm³/mol. The fourth-order valence-corrected chi connectivity index (χ4v) is 3.66. The number of fused-ring (bicyclic) bond motifs is 3. The first-order chi connectivity index (χ1) is 11.9. The number of rotatable bonds is 1. The molecule has 0 fully saturated rings. The number of nitrogens with two attached hydrogens (primary N) is 1. The quantitative estimate of drug-likeness (QED) is 0.574. The molecule has 2 nitrogen and oxygen atoms in total. The van der Waals surface area contributed by atoms with Crippen molar-refractivity contribution >= 4 is 26.7 Å². The Labute approximate surface area is 150 Å². The lowest BCUT2D eigenvalue weighted by Gasteiger charge is -2.32. The molecule has 0 radical (unpaired) electrons. The Kier molecular flexibility index (Phi) is 3.96. The van der Waals surface area contributed by atoms with Crippen LogP contribution in [0.3, 0.4) is 0 Å². The normalized spacial score (nSPS) is 19.6. The molecular formula is C19H13BrF3NO. The van der Waals surface area contributed by atoms with Crippen molar-refractivity contribution in [3.05, 3.63) is 75.5 Å². The monoisotopic (exact) mass is 407 g/mol. The average molecular weight is 408 g/mol. The summed E-state index contributed by atoms with van der Waals surface area (Å²) in [4.78, 5) is 0. The highest BCUT2D eigenvalue weighted by Crippen LogP contribution is 2.39. The molecule has 1 aliphatic rings. The molecule has 2 atom stereocenters. The van der Waals surface area contributed by atoms with Crippen LogP contribution in [-0.2, 0) is 6.42 Å². The minimum Gasteiger partial charge on any atom is -0.484 e. The molecule has 128 valence electrons. The highest BCUT2D eigenvalue weighted by atomic mass is 79.9. The van der Waals surface area contributed by atoms with Crippen LogP contribution in [0.15, 0.2) is 46.9 Å². The second-order valence-electron chi connectivity index (χ2n) is 6.10. The van der Waals surface area contributed by atoms with Crippen LogP contribution in [0.25, 0.3) is 10.8 Å². The molecule has 0 unspecified atom stereocenters. The second-order valence-corrected chi connectivity index (χ2v) is 7.02. The van der Waals surface area contributed by atoms with E-state index in [4.69, 9.17) is 10.5 Å². The van der Waals surface area contributed by atoms with E-state index in [1.165, 1.54) is 0 Å². The highest BCUT2D eigenvalue weighted by molar-refractivity contribution is 9.10. The molecule has 25 heavy (non-hydrogen) atoms. The van der Waals surface area contributed by atoms with E-state index in [2.05, 4.69) is 15.9 Å². The summed E-state index contributed by atoms with van der Waals surface area (Å²) in [5.74, 6) is -2.65. The van der Waals surface area contributed by atoms with Gasteiger partial charge in [-0.1, -0.05) is 28.1 Å². The van der Waals surface area contributed by atoms with Gasteiger partial charge in [0, 0.05) is 21.7 Å². The van der Waals surface area contributed by atoms with E-state index in [-0.39, 0.29) is 5.56 Å². The Morgan fingerprint density at radius 2 is 1.72 bits per heavy atom. The summed E-state index contributed by atoms with van der Waals surface area (Å²) in [5.41, 5.74) is 7.04. The van der Waals surface area contributed by atoms with Crippen molar-refractivity contribution in [2.45, 2.75) is 18.6 Å². The summed E-state index contributed by atoms with van der Waals surface area (Å²) in [6.07, 6.45) is -0.437. The van der Waals surface area contributed by atoms with Crippen molar-refractivity contribution in [1.29, 1.82) is 0 Å². The minimum absolute atomic E-state index is 0.0760. The van der Waals surface area contributed by atoms with E-state index >= 15 is 0 Å². The predicted octanol–water partition coefficient (Wildman–Crippen LogP) is 5.02. The van der Waals surface area contributed by atoms with E-state index in [1.807, 2.05) is 24.3 Å². The maximum atomic E-state index is 14.1. The Morgan fingerprint density at radius 1 is 0.960 bits per heavy atom. The molecule has 0 amide bonds. The molecule has 3 aromatic carbocycles. The average Bonchev–Trinajstić information content (AvgIpc) is 2.57. The third-order valence-corrected chi connectivity index (χ3v) is 4.97. The number of ether oxygens (including phenoxy) is 1. The third kappa shape index (κ3) is 2.79. The summed E-state index contributed by atoms with van der Waals surface area (Å²) < 4.78 is 47.7. The second kappa shape index (κ2) is 6.04. The summed E-state index contributed by atoms with van der Waals surface area (Å²) in [6.45, 7) is 0. The Bertz CT molecular complexity index is 992. The molecule has 0 saturated heterocycles. The smallest absolute Gasteiger partial charge is 0.161 e. The first kappa shape index (κ1) is 16.4. The zero-order valence-corrected chi connectivity index (χ0v) is 14.5. The Morgan fingerprint density at radius 3 is 2.52 bits per heavy atom. The molecule has 4 rings (SSSR count). The number of benzene rings is 3. The molecule has 0 aromatic heterocycles. The molecule has 3 aromatic rings. The molecule has 0 spiro atoms. The van der Waals surface area contributed by atoms with E-state index < -0.39 is 29.6 Å². The number of halogens is 4. The Balaban J connectivity index is 1.80. The van der Waals surface area contributed by atoms with Crippen molar-refractivity contribution in [2.75, 3.05) is 0 Å². The van der Waals surface area contributed by atoms with Crippen molar-refractivity contribution in [2.24, 2.45) is 5.73 Å². The summed E-state index contributed by atoms with van der Waals surface area (Å²) in [7, 11) is 0. The SMILES string of the molecule is N[C@H]1Cc2c(ccc3cc(Br)ccc23)O[C@@H]1c1cc(F)c(F)cc1F. The summed E-state index contributed by atoms with van der Waals surface area (Å²) >= 11 is 3.44. The van der Waals surface area contributed by atoms with Gasteiger partial charge in [-0.2, -0.15) is 0 Å². The zero-order valence-electron chi connectivity index (χ0n) is 12.9. The van der Waals surface area contributed by atoms with Gasteiger partial charge in [-0.3, -0.25) is 0 Å². The molecule has 0 saturated carbocycles. The van der Waals surface area contributed by atoms with E-state index in [0.717, 1.165) is 26.9 Å². The lowest BCUT2D eigenvalue weighted by Crippen LogP contribution is -2.38. The van der Waals surface area contributed by atoms with Gasteiger partial charge in [-0.25, -0.2) is 13.2 Å². The van der Waals surface area contributed by atoms with Gasteiger partial charge in [-0.05, 0) is 41.5 Å². The Hall–Kier alpha value is -2.05. The largest absolute Gasteiger partial charge is 0.484 e. The standard InChI is InChI=1S/C19H13BrF3NO/c20-10-2-3-11-9(5-10)1-4-18-12(11)7-17(24)19(25-18)13-6-15(22)16(23)8-14(13)21/h1-6,8,17,19H,7,24H2/t17-,19+/m0/s1. The van der Waals surface area contributed by atoms with Gasteiger partial charge in [0.1, 0.15) is 17.7 Å². The van der Waals surface area contributed by atoms with Gasteiger partial charge < -0.3 is 10.5 Å². The van der Waals surface area contributed by atoms with Crippen LogP contribution in [0.2, 0.25) is 0 Å². The fourth-order valence-electron chi connectivity index (χ4n) is 3.28. The van der Waals surface area contributed by atoms with Gasteiger partial charge >= 0.3 is 0 Å². The molecule has 0 bridgehead atoms. The third-order valence-electron chi connectivity index (χ3n) is 4.48. The van der Waals surface area contributed by atoms with Crippen LogP contribution < -0.4 is 10.5 Å². The van der Waals surface area contributed by atoms with Crippen LogP contribution in [0.1, 0.15) is 17.2 Å². The first-order valence-electron chi connectivity index (χ1n) is 7.72. The van der Waals surface area contributed by atoms with Crippen LogP contribution in [0, 0.1) is 17.5 Å². The highest BCUT2D eigenvalue weighted by Gasteiger charge is 2.32. The van der Waals surface area contributed by atoms with E-state index in [1.54, 1.807) is 6.07 Å². The number of hydrogen-bond donors (Lipinski definition) is 1. The maximum absolute atomic E-state index is 14.1. The van der Waals surface area contributed by atoms with Crippen molar-refractivity contribution < 1.29 is 17.9 Å².